The average Bonchev–Trinajstić information content (AvgIpc) is 2.30. The van der Waals surface area contributed by atoms with E-state index in [1.807, 2.05) is 19.9 Å². The maximum Gasteiger partial charge on any atom is 0.178 e. The molecule has 0 aromatic heterocycles. The van der Waals surface area contributed by atoms with E-state index < -0.39 is 9.84 Å². The number of benzene rings is 1. The van der Waals surface area contributed by atoms with Gasteiger partial charge < -0.3 is 0 Å². The van der Waals surface area contributed by atoms with Crippen molar-refractivity contribution in [2.75, 3.05) is 11.1 Å². The predicted octanol–water partition coefficient (Wildman–Crippen LogP) is 3.89. The monoisotopic (exact) mass is 332 g/mol. The van der Waals surface area contributed by atoms with Gasteiger partial charge in [0.2, 0.25) is 0 Å². The zero-order valence-corrected chi connectivity index (χ0v) is 13.6. The molecule has 0 heterocycles. The second-order valence-electron chi connectivity index (χ2n) is 4.94. The molecule has 0 aliphatic carbocycles. The number of halogens is 1. The number of sulfone groups is 1. The van der Waals surface area contributed by atoms with Gasteiger partial charge in [0, 0.05) is 5.33 Å². The van der Waals surface area contributed by atoms with Gasteiger partial charge in [0.05, 0.1) is 10.6 Å². The number of alkyl halides is 1. The van der Waals surface area contributed by atoms with Gasteiger partial charge in [-0.3, -0.25) is 0 Å². The molecule has 4 heteroatoms. The summed E-state index contributed by atoms with van der Waals surface area (Å²) in [5.41, 5.74) is 2.16. The lowest BCUT2D eigenvalue weighted by atomic mass is 10.1. The van der Waals surface area contributed by atoms with Gasteiger partial charge in [0.25, 0.3) is 0 Å². The highest BCUT2D eigenvalue weighted by Gasteiger charge is 2.16. The van der Waals surface area contributed by atoms with E-state index in [2.05, 4.69) is 22.9 Å². The minimum Gasteiger partial charge on any atom is -0.224 e. The number of rotatable bonds is 6. The van der Waals surface area contributed by atoms with Crippen LogP contribution in [0.4, 0.5) is 0 Å². The van der Waals surface area contributed by atoms with E-state index in [-0.39, 0.29) is 5.75 Å². The van der Waals surface area contributed by atoms with E-state index in [4.69, 9.17) is 0 Å². The third kappa shape index (κ3) is 4.39. The van der Waals surface area contributed by atoms with Crippen molar-refractivity contribution in [2.24, 2.45) is 5.92 Å². The van der Waals surface area contributed by atoms with Gasteiger partial charge >= 0.3 is 0 Å². The minimum absolute atomic E-state index is 0.240. The Kier molecular flexibility index (Phi) is 5.86. The summed E-state index contributed by atoms with van der Waals surface area (Å²) < 4.78 is 24.4. The largest absolute Gasteiger partial charge is 0.224 e. The summed E-state index contributed by atoms with van der Waals surface area (Å²) >= 11 is 3.38. The molecule has 1 rings (SSSR count). The molecule has 0 amide bonds. The van der Waals surface area contributed by atoms with Crippen LogP contribution in [0.5, 0.6) is 0 Å². The molecule has 2 nitrogen and oxygen atoms in total. The predicted molar refractivity (Wildman–Crippen MR) is 80.2 cm³/mol. The van der Waals surface area contributed by atoms with Crippen LogP contribution in [-0.2, 0) is 9.84 Å². The Hall–Kier alpha value is -0.350. The minimum atomic E-state index is -3.13. The Balaban J connectivity index is 2.77. The van der Waals surface area contributed by atoms with Crippen LogP contribution < -0.4 is 0 Å². The van der Waals surface area contributed by atoms with E-state index in [1.54, 1.807) is 12.1 Å². The molecular formula is C14H21BrO2S. The third-order valence-corrected chi connectivity index (χ3v) is 5.52. The fourth-order valence-corrected chi connectivity index (χ4v) is 4.07. The summed E-state index contributed by atoms with van der Waals surface area (Å²) in [4.78, 5) is 0.455. The second kappa shape index (κ2) is 6.71. The van der Waals surface area contributed by atoms with E-state index in [9.17, 15) is 8.42 Å². The molecule has 18 heavy (non-hydrogen) atoms. The standard InChI is InChI=1S/C14H21BrO2S/c1-11(6-8-15)7-9-18(16,17)14-5-4-12(2)13(3)10-14/h4-5,10-11H,6-9H2,1-3H3. The lowest BCUT2D eigenvalue weighted by Crippen LogP contribution is -2.11. The molecule has 0 fully saturated rings. The van der Waals surface area contributed by atoms with Crippen LogP contribution in [0.1, 0.15) is 30.9 Å². The van der Waals surface area contributed by atoms with Crippen LogP contribution in [0.25, 0.3) is 0 Å². The summed E-state index contributed by atoms with van der Waals surface area (Å²) in [5, 5.41) is 0.928. The van der Waals surface area contributed by atoms with Crippen molar-refractivity contribution in [3.63, 3.8) is 0 Å². The highest BCUT2D eigenvalue weighted by atomic mass is 79.9. The van der Waals surface area contributed by atoms with Gasteiger partial charge in [0.15, 0.2) is 9.84 Å². The highest BCUT2D eigenvalue weighted by Crippen LogP contribution is 2.19. The lowest BCUT2D eigenvalue weighted by Gasteiger charge is -2.11. The molecule has 0 radical (unpaired) electrons. The molecule has 1 unspecified atom stereocenters. The summed E-state index contributed by atoms with van der Waals surface area (Å²) in [7, 11) is -3.13. The molecule has 0 bridgehead atoms. The smallest absolute Gasteiger partial charge is 0.178 e. The molecule has 0 saturated heterocycles. The molecule has 1 aromatic carbocycles. The van der Waals surface area contributed by atoms with Gasteiger partial charge in [-0.1, -0.05) is 28.9 Å². The molecule has 0 spiro atoms. The molecule has 0 aliphatic heterocycles. The van der Waals surface area contributed by atoms with Gasteiger partial charge in [-0.15, -0.1) is 0 Å². The Morgan fingerprint density at radius 3 is 2.39 bits per heavy atom. The van der Waals surface area contributed by atoms with Gasteiger partial charge in [-0.2, -0.15) is 0 Å². The second-order valence-corrected chi connectivity index (χ2v) is 7.84. The van der Waals surface area contributed by atoms with Crippen LogP contribution in [-0.4, -0.2) is 19.5 Å². The molecule has 1 aromatic rings. The number of hydrogen-bond acceptors (Lipinski definition) is 2. The van der Waals surface area contributed by atoms with Crippen LogP contribution in [0, 0.1) is 19.8 Å². The van der Waals surface area contributed by atoms with Crippen molar-refractivity contribution in [3.8, 4) is 0 Å². The van der Waals surface area contributed by atoms with E-state index >= 15 is 0 Å². The summed E-state index contributed by atoms with van der Waals surface area (Å²) in [6, 6.07) is 5.37. The maximum absolute atomic E-state index is 12.2. The third-order valence-electron chi connectivity index (χ3n) is 3.32. The molecule has 0 aliphatic rings. The van der Waals surface area contributed by atoms with Gasteiger partial charge in [-0.05, 0) is 55.9 Å². The quantitative estimate of drug-likeness (QED) is 0.740. The summed E-state index contributed by atoms with van der Waals surface area (Å²) in [6.07, 6.45) is 1.74. The average molecular weight is 333 g/mol. The van der Waals surface area contributed by atoms with Crippen LogP contribution in [0.3, 0.4) is 0 Å². The summed E-state index contributed by atoms with van der Waals surface area (Å²) in [5.74, 6) is 0.676. The molecular weight excluding hydrogens is 312 g/mol. The van der Waals surface area contributed by atoms with E-state index in [0.717, 1.165) is 29.3 Å². The van der Waals surface area contributed by atoms with Gasteiger partial charge in [0.1, 0.15) is 0 Å². The molecule has 0 saturated carbocycles. The van der Waals surface area contributed by atoms with Gasteiger partial charge in [-0.25, -0.2) is 8.42 Å². The lowest BCUT2D eigenvalue weighted by molar-refractivity contribution is 0.536. The van der Waals surface area contributed by atoms with Crippen molar-refractivity contribution in [2.45, 2.75) is 38.5 Å². The normalized spacial score (nSPS) is 13.6. The molecule has 1 atom stereocenters. The number of aryl methyl sites for hydroxylation is 2. The topological polar surface area (TPSA) is 34.1 Å². The Morgan fingerprint density at radius 2 is 1.83 bits per heavy atom. The Labute approximate surface area is 119 Å². The fourth-order valence-electron chi connectivity index (χ4n) is 1.71. The van der Waals surface area contributed by atoms with Crippen LogP contribution in [0.15, 0.2) is 23.1 Å². The Bertz CT molecular complexity index is 495. The molecule has 102 valence electrons. The highest BCUT2D eigenvalue weighted by molar-refractivity contribution is 9.09. The zero-order valence-electron chi connectivity index (χ0n) is 11.2. The van der Waals surface area contributed by atoms with Crippen molar-refractivity contribution in [3.05, 3.63) is 29.3 Å². The van der Waals surface area contributed by atoms with Crippen molar-refractivity contribution in [1.29, 1.82) is 0 Å². The number of hydrogen-bond donors (Lipinski definition) is 0. The maximum atomic E-state index is 12.2. The van der Waals surface area contributed by atoms with Crippen molar-refractivity contribution in [1.82, 2.24) is 0 Å². The van der Waals surface area contributed by atoms with Crippen molar-refractivity contribution >= 4 is 25.8 Å². The first kappa shape index (κ1) is 15.7. The fraction of sp³-hybridized carbons (Fsp3) is 0.571. The van der Waals surface area contributed by atoms with Crippen LogP contribution in [0.2, 0.25) is 0 Å². The van der Waals surface area contributed by atoms with E-state index in [1.165, 1.54) is 0 Å². The summed E-state index contributed by atoms with van der Waals surface area (Å²) in [6.45, 7) is 6.03. The first-order valence-corrected chi connectivity index (χ1v) is 9.00. The van der Waals surface area contributed by atoms with Crippen LogP contribution >= 0.6 is 15.9 Å². The SMILES string of the molecule is Cc1ccc(S(=O)(=O)CCC(C)CCBr)cc1C. The zero-order chi connectivity index (χ0) is 13.8. The Morgan fingerprint density at radius 1 is 1.17 bits per heavy atom. The van der Waals surface area contributed by atoms with Crippen molar-refractivity contribution < 1.29 is 8.42 Å². The van der Waals surface area contributed by atoms with E-state index in [0.29, 0.717) is 10.8 Å². The molecule has 0 N–H and O–H groups in total. The first-order chi connectivity index (χ1) is 8.36. The first-order valence-electron chi connectivity index (χ1n) is 6.23.